The summed E-state index contributed by atoms with van der Waals surface area (Å²) in [6.07, 6.45) is 3.31. The summed E-state index contributed by atoms with van der Waals surface area (Å²) in [6, 6.07) is 8.49. The first-order chi connectivity index (χ1) is 15.7. The number of aromatic nitrogens is 1. The molecule has 33 heavy (non-hydrogen) atoms. The minimum atomic E-state index is -0.687. The Morgan fingerprint density at radius 2 is 1.61 bits per heavy atom. The molecule has 1 aliphatic carbocycles. The summed E-state index contributed by atoms with van der Waals surface area (Å²) in [5.41, 5.74) is 3.72. The first kappa shape index (κ1) is 22.8. The second-order valence-corrected chi connectivity index (χ2v) is 9.49. The van der Waals surface area contributed by atoms with E-state index in [1.807, 2.05) is 32.9 Å². The number of likely N-dealkylation sites (tertiary alicyclic amines) is 1. The number of rotatable bonds is 2. The van der Waals surface area contributed by atoms with E-state index >= 15 is 0 Å². The van der Waals surface area contributed by atoms with E-state index in [0.29, 0.717) is 38.8 Å². The van der Waals surface area contributed by atoms with Crippen molar-refractivity contribution in [1.29, 1.82) is 0 Å². The molecule has 1 spiro atoms. The van der Waals surface area contributed by atoms with E-state index < -0.39 is 23.3 Å². The SMILES string of the molecule is Cc1cc(C)c(C2C(=O)CC3(CCN(C(=O)NC(=O)c4ccccn4)CC3)CC2=O)c(C)c1. The van der Waals surface area contributed by atoms with E-state index in [-0.39, 0.29) is 17.3 Å². The average Bonchev–Trinajstić information content (AvgIpc) is 2.76. The summed E-state index contributed by atoms with van der Waals surface area (Å²) in [5, 5.41) is 2.37. The third-order valence-corrected chi connectivity index (χ3v) is 7.00. The summed E-state index contributed by atoms with van der Waals surface area (Å²) >= 11 is 0. The molecule has 0 unspecified atom stereocenters. The van der Waals surface area contributed by atoms with Crippen molar-refractivity contribution in [1.82, 2.24) is 15.2 Å². The highest BCUT2D eigenvalue weighted by atomic mass is 16.2. The van der Waals surface area contributed by atoms with Crippen molar-refractivity contribution in [2.45, 2.75) is 52.4 Å². The van der Waals surface area contributed by atoms with Crippen molar-refractivity contribution in [3.8, 4) is 0 Å². The third kappa shape index (κ3) is 4.58. The van der Waals surface area contributed by atoms with Crippen LogP contribution >= 0.6 is 0 Å². The van der Waals surface area contributed by atoms with Crippen molar-refractivity contribution in [2.75, 3.05) is 13.1 Å². The molecule has 1 aliphatic heterocycles. The van der Waals surface area contributed by atoms with Gasteiger partial charge in [-0.1, -0.05) is 23.8 Å². The molecule has 0 radical (unpaired) electrons. The van der Waals surface area contributed by atoms with Gasteiger partial charge in [0.2, 0.25) is 0 Å². The molecular formula is C26H29N3O4. The van der Waals surface area contributed by atoms with Gasteiger partial charge in [0.15, 0.2) is 0 Å². The molecule has 1 saturated carbocycles. The monoisotopic (exact) mass is 447 g/mol. The zero-order valence-corrected chi connectivity index (χ0v) is 19.3. The van der Waals surface area contributed by atoms with Gasteiger partial charge in [0.25, 0.3) is 5.91 Å². The Bertz CT molecular complexity index is 1070. The smallest absolute Gasteiger partial charge is 0.324 e. The number of nitrogens with zero attached hydrogens (tertiary/aromatic N) is 2. The van der Waals surface area contributed by atoms with Crippen LogP contribution in [0.1, 0.15) is 64.3 Å². The van der Waals surface area contributed by atoms with Gasteiger partial charge in [-0.15, -0.1) is 0 Å². The number of piperidine rings is 1. The molecule has 1 aromatic heterocycles. The molecule has 1 aromatic carbocycles. The lowest BCUT2D eigenvalue weighted by atomic mass is 9.62. The zero-order valence-electron chi connectivity index (χ0n) is 19.3. The molecule has 4 rings (SSSR count). The Labute approximate surface area is 193 Å². The van der Waals surface area contributed by atoms with Gasteiger partial charge in [0.05, 0.1) is 0 Å². The van der Waals surface area contributed by atoms with E-state index in [4.69, 9.17) is 0 Å². The average molecular weight is 448 g/mol. The second-order valence-electron chi connectivity index (χ2n) is 9.49. The third-order valence-electron chi connectivity index (χ3n) is 7.00. The molecule has 172 valence electrons. The quantitative estimate of drug-likeness (QED) is 0.709. The van der Waals surface area contributed by atoms with Crippen LogP contribution in [0, 0.1) is 26.2 Å². The summed E-state index contributed by atoms with van der Waals surface area (Å²) in [7, 11) is 0. The molecule has 2 heterocycles. The fourth-order valence-corrected chi connectivity index (χ4v) is 5.43. The first-order valence-electron chi connectivity index (χ1n) is 11.3. The molecule has 7 heteroatoms. The van der Waals surface area contributed by atoms with Crippen molar-refractivity contribution < 1.29 is 19.2 Å². The molecular weight excluding hydrogens is 418 g/mol. The number of carbonyl (C=O) groups is 4. The first-order valence-corrected chi connectivity index (χ1v) is 11.3. The Morgan fingerprint density at radius 1 is 1.00 bits per heavy atom. The van der Waals surface area contributed by atoms with Gasteiger partial charge in [-0.05, 0) is 67.9 Å². The summed E-state index contributed by atoms with van der Waals surface area (Å²) in [6.45, 7) is 6.73. The van der Waals surface area contributed by atoms with Gasteiger partial charge in [-0.3, -0.25) is 24.7 Å². The van der Waals surface area contributed by atoms with Gasteiger partial charge < -0.3 is 4.90 Å². The lowest BCUT2D eigenvalue weighted by molar-refractivity contribution is -0.138. The highest BCUT2D eigenvalue weighted by Gasteiger charge is 2.47. The summed E-state index contributed by atoms with van der Waals surface area (Å²) < 4.78 is 0. The zero-order chi connectivity index (χ0) is 23.8. The second kappa shape index (κ2) is 8.89. The number of carbonyl (C=O) groups excluding carboxylic acids is 4. The number of Topliss-reactive ketones (excluding diaryl/α,β-unsaturated/α-hetero) is 2. The number of hydrogen-bond donors (Lipinski definition) is 1. The molecule has 0 atom stereocenters. The van der Waals surface area contributed by atoms with Crippen LogP contribution in [0.15, 0.2) is 36.5 Å². The van der Waals surface area contributed by atoms with E-state index in [2.05, 4.69) is 10.3 Å². The van der Waals surface area contributed by atoms with E-state index in [1.54, 1.807) is 23.1 Å². The molecule has 1 saturated heterocycles. The maximum atomic E-state index is 13.2. The Balaban J connectivity index is 1.41. The predicted octanol–water partition coefficient (Wildman–Crippen LogP) is 3.65. The topological polar surface area (TPSA) is 96.4 Å². The highest BCUT2D eigenvalue weighted by molar-refractivity contribution is 6.10. The van der Waals surface area contributed by atoms with Gasteiger partial charge in [0, 0.05) is 32.1 Å². The van der Waals surface area contributed by atoms with Crippen LogP contribution in [0.25, 0.3) is 0 Å². The predicted molar refractivity (Wildman–Crippen MR) is 123 cm³/mol. The number of nitrogens with one attached hydrogen (secondary N) is 1. The van der Waals surface area contributed by atoms with Crippen LogP contribution in [-0.4, -0.2) is 46.5 Å². The number of aryl methyl sites for hydroxylation is 3. The Morgan fingerprint density at radius 3 is 2.15 bits per heavy atom. The number of ketones is 2. The highest BCUT2D eigenvalue weighted by Crippen LogP contribution is 2.46. The molecule has 1 N–H and O–H groups in total. The molecule has 0 bridgehead atoms. The van der Waals surface area contributed by atoms with Gasteiger partial charge in [0.1, 0.15) is 23.2 Å². The number of imide groups is 1. The van der Waals surface area contributed by atoms with Crippen molar-refractivity contribution in [3.63, 3.8) is 0 Å². The molecule has 2 fully saturated rings. The van der Waals surface area contributed by atoms with Crippen molar-refractivity contribution in [3.05, 3.63) is 64.5 Å². The number of amides is 3. The number of pyridine rings is 1. The fraction of sp³-hybridized carbons (Fsp3) is 0.423. The molecule has 2 aliphatic rings. The maximum absolute atomic E-state index is 13.2. The van der Waals surface area contributed by atoms with Crippen LogP contribution in [0.4, 0.5) is 4.79 Å². The van der Waals surface area contributed by atoms with Crippen LogP contribution in [0.3, 0.4) is 0 Å². The standard InChI is InChI=1S/C26H29N3O4/c1-16-12-17(2)22(18(3)13-16)23-20(30)14-26(15-21(23)31)7-10-29(11-8-26)25(33)28-24(32)19-6-4-5-9-27-19/h4-6,9,12-13,23H,7-8,10-11,14-15H2,1-3H3,(H,28,32,33). The fourth-order valence-electron chi connectivity index (χ4n) is 5.43. The number of hydrogen-bond acceptors (Lipinski definition) is 5. The minimum Gasteiger partial charge on any atom is -0.324 e. The molecule has 2 aromatic rings. The Kier molecular flexibility index (Phi) is 6.15. The van der Waals surface area contributed by atoms with Crippen molar-refractivity contribution >= 4 is 23.5 Å². The normalized spacial score (nSPS) is 18.5. The minimum absolute atomic E-state index is 0.0236. The Hall–Kier alpha value is -3.35. The van der Waals surface area contributed by atoms with Gasteiger partial charge in [-0.25, -0.2) is 4.79 Å². The largest absolute Gasteiger partial charge is 0.324 e. The van der Waals surface area contributed by atoms with Crippen LogP contribution < -0.4 is 5.32 Å². The van der Waals surface area contributed by atoms with Crippen LogP contribution in [0.5, 0.6) is 0 Å². The lowest BCUT2D eigenvalue weighted by Gasteiger charge is -2.44. The summed E-state index contributed by atoms with van der Waals surface area (Å²) in [5.74, 6) is -1.28. The van der Waals surface area contributed by atoms with Crippen molar-refractivity contribution in [2.24, 2.45) is 5.41 Å². The lowest BCUT2D eigenvalue weighted by Crippen LogP contribution is -2.51. The molecule has 3 amide bonds. The number of benzene rings is 1. The van der Waals surface area contributed by atoms with Crippen LogP contribution in [0.2, 0.25) is 0 Å². The van der Waals surface area contributed by atoms with E-state index in [0.717, 1.165) is 22.3 Å². The molecule has 7 nitrogen and oxygen atoms in total. The number of urea groups is 1. The van der Waals surface area contributed by atoms with E-state index in [1.165, 1.54) is 6.20 Å². The maximum Gasteiger partial charge on any atom is 0.324 e. The van der Waals surface area contributed by atoms with Gasteiger partial charge in [-0.2, -0.15) is 0 Å². The van der Waals surface area contributed by atoms with Gasteiger partial charge >= 0.3 is 6.03 Å². The van der Waals surface area contributed by atoms with Crippen LogP contribution in [-0.2, 0) is 9.59 Å². The summed E-state index contributed by atoms with van der Waals surface area (Å²) in [4.78, 5) is 56.7. The van der Waals surface area contributed by atoms with E-state index in [9.17, 15) is 19.2 Å².